The molecule has 19 heteroatoms. The molecule has 0 unspecified atom stereocenters. The number of piperazine rings is 1. The van der Waals surface area contributed by atoms with Crippen molar-refractivity contribution in [3.05, 3.63) is 35.8 Å². The lowest BCUT2D eigenvalue weighted by molar-refractivity contribution is -0.117. The Labute approximate surface area is 258 Å². The minimum absolute atomic E-state index is 0.0350. The lowest BCUT2D eigenvalue weighted by Gasteiger charge is -2.32. The van der Waals surface area contributed by atoms with E-state index in [9.17, 15) is 18.0 Å². The van der Waals surface area contributed by atoms with Crippen molar-refractivity contribution in [2.45, 2.75) is 24.6 Å². The predicted molar refractivity (Wildman–Crippen MR) is 170 cm³/mol. The van der Waals surface area contributed by atoms with Gasteiger partial charge in [0.05, 0.1) is 36.8 Å². The molecule has 0 spiro atoms. The van der Waals surface area contributed by atoms with Crippen LogP contribution in [0, 0.1) is 5.92 Å². The van der Waals surface area contributed by atoms with Crippen molar-refractivity contribution in [3.8, 4) is 17.2 Å². The van der Waals surface area contributed by atoms with Gasteiger partial charge in [0.2, 0.25) is 15.9 Å². The van der Waals surface area contributed by atoms with Crippen LogP contribution in [0.5, 0.6) is 5.75 Å². The van der Waals surface area contributed by atoms with Gasteiger partial charge in [0.15, 0.2) is 23.1 Å². The van der Waals surface area contributed by atoms with Crippen molar-refractivity contribution in [2.24, 2.45) is 5.92 Å². The molecule has 2 fully saturated rings. The molecule has 3 heterocycles. The number of nitrogens with zero attached hydrogens (tertiary/aromatic N) is 6. The average Bonchev–Trinajstić information content (AvgIpc) is 3.71. The van der Waals surface area contributed by atoms with Crippen LogP contribution in [0.3, 0.4) is 0 Å². The lowest BCUT2D eigenvalue weighted by atomic mass is 9.49. The number of para-hydroxylation sites is 1. The molecule has 15 nitrogen and oxygen atoms in total. The van der Waals surface area contributed by atoms with Crippen LogP contribution in [0.15, 0.2) is 28.8 Å². The number of benzene rings is 1. The van der Waals surface area contributed by atoms with E-state index in [1.54, 1.807) is 24.3 Å². The number of hydrogen-bond donors (Lipinski definition) is 3. The Balaban J connectivity index is 1.38. The molecule has 230 valence electrons. The van der Waals surface area contributed by atoms with Crippen molar-refractivity contribution in [1.29, 1.82) is 0 Å². The minimum Gasteiger partial charge on any atom is -0.494 e. The highest BCUT2D eigenvalue weighted by Gasteiger charge is 2.31. The number of hydrogen-bond acceptors (Lipinski definition) is 12. The summed E-state index contributed by atoms with van der Waals surface area (Å²) < 4.78 is 36.4. The van der Waals surface area contributed by atoms with Crippen molar-refractivity contribution < 1.29 is 27.3 Å². The predicted octanol–water partition coefficient (Wildman–Crippen LogP) is -2.06. The molecule has 3 N–H and O–H groups in total. The van der Waals surface area contributed by atoms with E-state index in [1.165, 1.54) is 17.7 Å². The first-order valence-corrected chi connectivity index (χ1v) is 16.1. The van der Waals surface area contributed by atoms with E-state index < -0.39 is 21.2 Å². The van der Waals surface area contributed by atoms with Crippen molar-refractivity contribution >= 4 is 62.6 Å². The summed E-state index contributed by atoms with van der Waals surface area (Å²) in [6.07, 6.45) is 2.87. The summed E-state index contributed by atoms with van der Waals surface area (Å²) >= 11 is 0. The van der Waals surface area contributed by atoms with E-state index in [1.807, 2.05) is 23.5 Å². The van der Waals surface area contributed by atoms with Crippen LogP contribution in [-0.4, -0.2) is 118 Å². The highest BCUT2D eigenvalue weighted by Crippen LogP contribution is 2.38. The van der Waals surface area contributed by atoms with Crippen LogP contribution < -0.4 is 20.7 Å². The quantitative estimate of drug-likeness (QED) is 0.200. The van der Waals surface area contributed by atoms with Gasteiger partial charge < -0.3 is 25.2 Å². The number of aromatic nitrogens is 4. The number of amides is 2. The van der Waals surface area contributed by atoms with Gasteiger partial charge in [-0.05, 0) is 30.2 Å². The summed E-state index contributed by atoms with van der Waals surface area (Å²) in [6.45, 7) is 2.29. The second kappa shape index (κ2) is 12.6. The summed E-state index contributed by atoms with van der Waals surface area (Å²) in [5.41, 5.74) is 1.35. The Hall–Kier alpha value is -3.96. The zero-order chi connectivity index (χ0) is 31.6. The van der Waals surface area contributed by atoms with Crippen LogP contribution in [0.4, 0.5) is 17.2 Å². The molecule has 1 saturated heterocycles. The zero-order valence-corrected chi connectivity index (χ0v) is 26.2. The molecule has 1 saturated carbocycles. The van der Waals surface area contributed by atoms with Gasteiger partial charge >= 0.3 is 0 Å². The van der Waals surface area contributed by atoms with E-state index in [0.717, 1.165) is 12.8 Å². The highest BCUT2D eigenvalue weighted by atomic mass is 32.2. The SMILES string of the molecule is BC(B)(B)NC(=O)c1nnc(NC(=O)C2CC2)cc1Nc1cccc(-c2nc(CN3CCN(S(C)(=O)=O)CC3)no2)c1OC. The van der Waals surface area contributed by atoms with E-state index >= 15 is 0 Å². The van der Waals surface area contributed by atoms with E-state index in [4.69, 9.17) is 9.26 Å². The second-order valence-corrected chi connectivity index (χ2v) is 13.9. The van der Waals surface area contributed by atoms with Crippen LogP contribution in [0.2, 0.25) is 0 Å². The van der Waals surface area contributed by atoms with E-state index in [0.29, 0.717) is 61.2 Å². The number of carbonyl (C=O) groups excluding carboxylic acids is 2. The van der Waals surface area contributed by atoms with Crippen LogP contribution >= 0.6 is 0 Å². The van der Waals surface area contributed by atoms with Gasteiger partial charge in [-0.3, -0.25) is 14.5 Å². The van der Waals surface area contributed by atoms with E-state index in [-0.39, 0.29) is 29.2 Å². The summed E-state index contributed by atoms with van der Waals surface area (Å²) in [5, 5.41) is 20.7. The molecule has 1 aliphatic carbocycles. The molecule has 0 radical (unpaired) electrons. The Morgan fingerprint density at radius 2 is 1.84 bits per heavy atom. The molecule has 1 aliphatic heterocycles. The molecule has 2 amide bonds. The lowest BCUT2D eigenvalue weighted by Crippen LogP contribution is -2.50. The normalized spacial score (nSPS) is 16.3. The highest BCUT2D eigenvalue weighted by molar-refractivity contribution is 7.88. The minimum atomic E-state index is -3.22. The van der Waals surface area contributed by atoms with Gasteiger partial charge in [0.25, 0.3) is 11.8 Å². The maximum atomic E-state index is 13.2. The van der Waals surface area contributed by atoms with Gasteiger partial charge in [-0.15, -0.1) is 10.2 Å². The van der Waals surface area contributed by atoms with E-state index in [2.05, 4.69) is 41.2 Å². The molecule has 2 aliphatic rings. The first kappa shape index (κ1) is 31.5. The number of sulfonamides is 1. The van der Waals surface area contributed by atoms with Crippen LogP contribution in [0.25, 0.3) is 11.5 Å². The van der Waals surface area contributed by atoms with Crippen LogP contribution in [-0.2, 0) is 21.4 Å². The first-order valence-electron chi connectivity index (χ1n) is 14.3. The molecular weight excluding hydrogens is 587 g/mol. The maximum absolute atomic E-state index is 13.2. The molecule has 44 heavy (non-hydrogen) atoms. The fraction of sp³-hybridized carbons (Fsp3) is 0.440. The first-order chi connectivity index (χ1) is 20.8. The van der Waals surface area contributed by atoms with Crippen molar-refractivity contribution in [1.82, 2.24) is 34.9 Å². The monoisotopic (exact) mass is 621 g/mol. The topological polar surface area (TPSA) is 185 Å². The zero-order valence-electron chi connectivity index (χ0n) is 25.4. The van der Waals surface area contributed by atoms with Crippen LogP contribution in [0.1, 0.15) is 29.2 Å². The number of methoxy groups -OCH3 is 1. The van der Waals surface area contributed by atoms with Crippen molar-refractivity contribution in [3.63, 3.8) is 0 Å². The summed E-state index contributed by atoms with van der Waals surface area (Å²) in [4.78, 5) is 32.2. The molecule has 0 atom stereocenters. The van der Waals surface area contributed by atoms with Crippen molar-refractivity contribution in [2.75, 3.05) is 50.2 Å². The number of carbonyl (C=O) groups is 2. The third-order valence-corrected chi connectivity index (χ3v) is 8.35. The van der Waals surface area contributed by atoms with Gasteiger partial charge in [-0.1, -0.05) is 11.2 Å². The molecule has 2 aromatic heterocycles. The van der Waals surface area contributed by atoms with Gasteiger partial charge in [0, 0.05) is 38.2 Å². The number of rotatable bonds is 11. The smallest absolute Gasteiger partial charge is 0.272 e. The number of ether oxygens (including phenoxy) is 1. The summed E-state index contributed by atoms with van der Waals surface area (Å²) in [7, 11) is 3.85. The average molecular weight is 621 g/mol. The Kier molecular flexibility index (Phi) is 8.99. The Morgan fingerprint density at radius 3 is 2.48 bits per heavy atom. The second-order valence-electron chi connectivity index (χ2n) is 11.9. The third-order valence-electron chi connectivity index (χ3n) is 7.05. The number of anilines is 3. The largest absolute Gasteiger partial charge is 0.494 e. The maximum Gasteiger partial charge on any atom is 0.272 e. The molecular formula is C25H34B3N9O6S. The number of nitrogens with one attached hydrogen (secondary N) is 3. The molecule has 5 rings (SSSR count). The standard InChI is InChI=1S/C25H34B3N9O6S/c1-42-21-15(24-31-19(35-43-24)13-36-8-10-37(11-9-36)44(2,40)41)4-3-5-16(21)29-17-12-18(30-22(38)14-6-7-14)33-34-20(17)23(39)32-25(26,27)28/h3-5,12,14H,6-11,13,26-28H2,1-2H3,(H,32,39)(H2,29,30,33,38). The third kappa shape index (κ3) is 7.76. The molecule has 3 aromatic rings. The fourth-order valence-corrected chi connectivity index (χ4v) is 5.53. The summed E-state index contributed by atoms with van der Waals surface area (Å²) in [5.74, 6) is 0.653. The fourth-order valence-electron chi connectivity index (χ4n) is 4.71. The molecule has 1 aromatic carbocycles. The Bertz CT molecular complexity index is 1650. The van der Waals surface area contributed by atoms with Gasteiger partial charge in [0.1, 0.15) is 23.5 Å². The molecule has 0 bridgehead atoms. The van der Waals surface area contributed by atoms with Gasteiger partial charge in [-0.2, -0.15) is 9.29 Å². The Morgan fingerprint density at radius 1 is 1.11 bits per heavy atom. The van der Waals surface area contributed by atoms with Gasteiger partial charge in [-0.25, -0.2) is 8.42 Å². The summed E-state index contributed by atoms with van der Waals surface area (Å²) in [6, 6.07) is 6.86.